The predicted octanol–water partition coefficient (Wildman–Crippen LogP) is 2.32. The third-order valence-electron chi connectivity index (χ3n) is 4.13. The summed E-state index contributed by atoms with van der Waals surface area (Å²) in [5.41, 5.74) is 0. The Hall–Kier alpha value is -0.890. The van der Waals surface area contributed by atoms with Crippen LogP contribution in [0.5, 0.6) is 0 Å². The highest BCUT2D eigenvalue weighted by Gasteiger charge is 2.40. The molecule has 3 aliphatic heterocycles. The molecule has 0 aromatic heterocycles. The van der Waals surface area contributed by atoms with Crippen LogP contribution in [0.25, 0.3) is 0 Å². The van der Waals surface area contributed by atoms with Crippen LogP contribution in [0.3, 0.4) is 0 Å². The fourth-order valence-corrected chi connectivity index (χ4v) is 3.05. The van der Waals surface area contributed by atoms with Crippen molar-refractivity contribution in [2.24, 2.45) is 5.92 Å². The number of nitrogens with zero attached hydrogens (tertiary/aromatic N) is 1. The molecule has 3 rings (SSSR count). The van der Waals surface area contributed by atoms with E-state index < -0.39 is 0 Å². The van der Waals surface area contributed by atoms with Gasteiger partial charge in [0.1, 0.15) is 6.54 Å². The van der Waals surface area contributed by atoms with E-state index in [1.54, 1.807) is 6.08 Å². The van der Waals surface area contributed by atoms with Gasteiger partial charge in [-0.25, -0.2) is 0 Å². The van der Waals surface area contributed by atoms with Gasteiger partial charge in [-0.2, -0.15) is 0 Å². The van der Waals surface area contributed by atoms with Crippen LogP contribution in [0.1, 0.15) is 25.7 Å². The standard InChI is InChI=1S/C14H22NO/c1-2-3-4-5-14(16)12-15-9-6-13(7-10-15)8-11-15/h2,4-5,13H,1,3,6-12H2/q+1/b5-4+. The average molecular weight is 220 g/mol. The molecule has 0 aliphatic carbocycles. The van der Waals surface area contributed by atoms with E-state index in [0.717, 1.165) is 23.4 Å². The maximum atomic E-state index is 11.8. The maximum Gasteiger partial charge on any atom is 0.209 e. The molecular weight excluding hydrogens is 198 g/mol. The zero-order valence-corrected chi connectivity index (χ0v) is 10.0. The number of ketones is 1. The SMILES string of the molecule is C=CC/C=C/C(=O)C[N+]12CCC(CC1)CC2. The molecule has 3 saturated heterocycles. The van der Waals surface area contributed by atoms with Crippen molar-refractivity contribution in [3.05, 3.63) is 24.8 Å². The molecule has 3 heterocycles. The molecule has 2 nitrogen and oxygen atoms in total. The van der Waals surface area contributed by atoms with Gasteiger partial charge in [0, 0.05) is 0 Å². The molecule has 3 aliphatic rings. The molecular formula is C14H22NO+. The highest BCUT2D eigenvalue weighted by molar-refractivity contribution is 5.90. The summed E-state index contributed by atoms with van der Waals surface area (Å²) in [5, 5.41) is 0. The minimum absolute atomic E-state index is 0.294. The summed E-state index contributed by atoms with van der Waals surface area (Å²) in [6.45, 7) is 8.05. The van der Waals surface area contributed by atoms with Gasteiger partial charge in [0.25, 0.3) is 0 Å². The smallest absolute Gasteiger partial charge is 0.209 e. The summed E-state index contributed by atoms with van der Waals surface area (Å²) in [6.07, 6.45) is 10.3. The molecule has 0 radical (unpaired) electrons. The van der Waals surface area contributed by atoms with Crippen molar-refractivity contribution in [2.45, 2.75) is 25.7 Å². The van der Waals surface area contributed by atoms with Crippen LogP contribution in [0.2, 0.25) is 0 Å². The van der Waals surface area contributed by atoms with Gasteiger partial charge < -0.3 is 4.48 Å². The molecule has 0 aromatic carbocycles. The molecule has 0 N–H and O–H groups in total. The van der Waals surface area contributed by atoms with Crippen LogP contribution in [0.15, 0.2) is 24.8 Å². The molecule has 88 valence electrons. The van der Waals surface area contributed by atoms with Crippen molar-refractivity contribution < 1.29 is 9.28 Å². The Bertz CT molecular complexity index is 284. The molecule has 0 unspecified atom stereocenters. The van der Waals surface area contributed by atoms with Gasteiger partial charge in [0.2, 0.25) is 5.78 Å². The Morgan fingerprint density at radius 3 is 2.44 bits per heavy atom. The molecule has 3 fully saturated rings. The van der Waals surface area contributed by atoms with E-state index >= 15 is 0 Å². The number of carbonyl (C=O) groups excluding carboxylic acids is 1. The first-order valence-corrected chi connectivity index (χ1v) is 6.39. The van der Waals surface area contributed by atoms with Crippen LogP contribution in [-0.2, 0) is 4.79 Å². The van der Waals surface area contributed by atoms with E-state index in [0.29, 0.717) is 5.78 Å². The first kappa shape index (κ1) is 11.6. The van der Waals surface area contributed by atoms with Crippen molar-refractivity contribution in [2.75, 3.05) is 26.2 Å². The Balaban J connectivity index is 1.88. The van der Waals surface area contributed by atoms with Crippen molar-refractivity contribution in [1.29, 1.82) is 0 Å². The lowest BCUT2D eigenvalue weighted by molar-refractivity contribution is -0.935. The van der Waals surface area contributed by atoms with Crippen LogP contribution in [0, 0.1) is 5.92 Å². The summed E-state index contributed by atoms with van der Waals surface area (Å²) in [5.74, 6) is 1.26. The third-order valence-corrected chi connectivity index (χ3v) is 4.13. The minimum atomic E-state index is 0.294. The van der Waals surface area contributed by atoms with Gasteiger partial charge in [0.05, 0.1) is 19.6 Å². The van der Waals surface area contributed by atoms with Crippen molar-refractivity contribution in [3.8, 4) is 0 Å². The second kappa shape index (κ2) is 4.96. The summed E-state index contributed by atoms with van der Waals surface area (Å²) >= 11 is 0. The van der Waals surface area contributed by atoms with E-state index in [9.17, 15) is 4.79 Å². The largest absolute Gasteiger partial charge is 0.317 e. The quantitative estimate of drug-likeness (QED) is 0.395. The molecule has 0 amide bonds. The lowest BCUT2D eigenvalue weighted by Crippen LogP contribution is -2.59. The summed E-state index contributed by atoms with van der Waals surface area (Å²) in [7, 11) is 0. The topological polar surface area (TPSA) is 17.1 Å². The second-order valence-corrected chi connectivity index (χ2v) is 5.30. The van der Waals surface area contributed by atoms with E-state index in [4.69, 9.17) is 0 Å². The fraction of sp³-hybridized carbons (Fsp3) is 0.643. The van der Waals surface area contributed by atoms with Crippen LogP contribution >= 0.6 is 0 Å². The van der Waals surface area contributed by atoms with Gasteiger partial charge in [-0.1, -0.05) is 12.2 Å². The van der Waals surface area contributed by atoms with E-state index in [-0.39, 0.29) is 0 Å². The van der Waals surface area contributed by atoms with Crippen molar-refractivity contribution in [1.82, 2.24) is 0 Å². The van der Waals surface area contributed by atoms with Crippen LogP contribution < -0.4 is 0 Å². The molecule has 16 heavy (non-hydrogen) atoms. The predicted molar refractivity (Wildman–Crippen MR) is 66.0 cm³/mol. The Morgan fingerprint density at radius 2 is 1.88 bits per heavy atom. The molecule has 0 aromatic rings. The number of fused-ring (bicyclic) bond motifs is 3. The van der Waals surface area contributed by atoms with Gasteiger partial charge in [-0.3, -0.25) is 4.79 Å². The Morgan fingerprint density at radius 1 is 1.25 bits per heavy atom. The third kappa shape index (κ3) is 2.62. The maximum absolute atomic E-state index is 11.8. The minimum Gasteiger partial charge on any atom is -0.317 e. The molecule has 2 bridgehead atoms. The lowest BCUT2D eigenvalue weighted by Gasteiger charge is -2.48. The van der Waals surface area contributed by atoms with Gasteiger partial charge >= 0.3 is 0 Å². The number of rotatable bonds is 5. The first-order chi connectivity index (χ1) is 7.74. The normalized spacial score (nSPS) is 33.1. The highest BCUT2D eigenvalue weighted by atomic mass is 16.1. The molecule has 0 saturated carbocycles. The van der Waals surface area contributed by atoms with E-state index in [2.05, 4.69) is 6.58 Å². The number of allylic oxidation sites excluding steroid dienone is 2. The number of quaternary nitrogens is 1. The van der Waals surface area contributed by atoms with Crippen LogP contribution in [-0.4, -0.2) is 36.4 Å². The zero-order chi connectivity index (χ0) is 11.4. The van der Waals surface area contributed by atoms with Gasteiger partial charge in [-0.15, -0.1) is 6.58 Å². The summed E-state index contributed by atoms with van der Waals surface area (Å²) < 4.78 is 1.06. The fourth-order valence-electron chi connectivity index (χ4n) is 3.05. The summed E-state index contributed by atoms with van der Waals surface area (Å²) in [6, 6.07) is 0. The van der Waals surface area contributed by atoms with Crippen molar-refractivity contribution >= 4 is 5.78 Å². The first-order valence-electron chi connectivity index (χ1n) is 6.39. The summed E-state index contributed by atoms with van der Waals surface area (Å²) in [4.78, 5) is 11.8. The van der Waals surface area contributed by atoms with Crippen molar-refractivity contribution in [3.63, 3.8) is 0 Å². The lowest BCUT2D eigenvalue weighted by atomic mass is 9.85. The Labute approximate surface area is 98.2 Å². The average Bonchev–Trinajstić information content (AvgIpc) is 2.31. The number of hydrogen-bond donors (Lipinski definition) is 0. The number of hydrogen-bond acceptors (Lipinski definition) is 1. The molecule has 0 atom stereocenters. The van der Waals surface area contributed by atoms with Crippen LogP contribution in [0.4, 0.5) is 0 Å². The number of piperidine rings is 3. The van der Waals surface area contributed by atoms with Gasteiger partial charge in [-0.05, 0) is 37.7 Å². The molecule has 2 heteroatoms. The van der Waals surface area contributed by atoms with E-state index in [1.165, 1.54) is 38.9 Å². The highest BCUT2D eigenvalue weighted by Crippen LogP contribution is 2.33. The second-order valence-electron chi connectivity index (χ2n) is 5.30. The number of carbonyl (C=O) groups is 1. The Kier molecular flexibility index (Phi) is 3.59. The van der Waals surface area contributed by atoms with Gasteiger partial charge in [0.15, 0.2) is 0 Å². The van der Waals surface area contributed by atoms with E-state index in [1.807, 2.05) is 12.2 Å². The monoisotopic (exact) mass is 220 g/mol. The molecule has 0 spiro atoms. The zero-order valence-electron chi connectivity index (χ0n) is 10.0.